The number of carbonyl (C=O) groups is 1. The third-order valence-electron chi connectivity index (χ3n) is 1.29. The molecule has 0 bridgehead atoms. The van der Waals surface area contributed by atoms with E-state index in [0.717, 1.165) is 0 Å². The Kier molecular flexibility index (Phi) is 9.24. The van der Waals surface area contributed by atoms with Gasteiger partial charge in [-0.15, -0.1) is 0 Å². The molecule has 0 saturated heterocycles. The van der Waals surface area contributed by atoms with Gasteiger partial charge < -0.3 is 10.2 Å². The highest BCUT2D eigenvalue weighted by Crippen LogP contribution is 2.05. The minimum absolute atomic E-state index is 0.201. The number of carboxylic acid groups (broad SMARTS) is 1. The molecule has 0 aliphatic carbocycles. The molecule has 80 valence electrons. The number of hydrogen-bond donors (Lipinski definition) is 2. The van der Waals surface area contributed by atoms with Gasteiger partial charge in [0.1, 0.15) is 0 Å². The van der Waals surface area contributed by atoms with Gasteiger partial charge >= 0.3 is 5.97 Å². The van der Waals surface area contributed by atoms with Gasteiger partial charge in [0.05, 0.1) is 12.0 Å². The Bertz CT molecular complexity index is 123. The zero-order valence-electron chi connectivity index (χ0n) is 9.13. The van der Waals surface area contributed by atoms with Gasteiger partial charge in [0, 0.05) is 0 Å². The highest BCUT2D eigenvalue weighted by molar-refractivity contribution is 5.67. The van der Waals surface area contributed by atoms with Crippen molar-refractivity contribution in [2.45, 2.75) is 59.0 Å². The summed E-state index contributed by atoms with van der Waals surface area (Å²) in [5.74, 6) is -0.975. The number of hydrogen-bond acceptors (Lipinski definition) is 2. The van der Waals surface area contributed by atoms with Crippen LogP contribution in [0, 0.1) is 0 Å². The van der Waals surface area contributed by atoms with E-state index in [1.54, 1.807) is 0 Å². The van der Waals surface area contributed by atoms with Gasteiger partial charge in [0.2, 0.25) is 0 Å². The fourth-order valence-corrected chi connectivity index (χ4v) is 0.724. The summed E-state index contributed by atoms with van der Waals surface area (Å²) < 4.78 is 0. The van der Waals surface area contributed by atoms with Gasteiger partial charge in [0.15, 0.2) is 0 Å². The van der Waals surface area contributed by atoms with E-state index in [0.29, 0.717) is 0 Å². The molecule has 0 spiro atoms. The quantitative estimate of drug-likeness (QED) is 0.715. The van der Waals surface area contributed by atoms with Crippen LogP contribution in [0.2, 0.25) is 0 Å². The molecule has 0 radical (unpaired) electrons. The lowest BCUT2D eigenvalue weighted by Crippen LogP contribution is -2.22. The molecule has 0 rings (SSSR count). The topological polar surface area (TPSA) is 57.5 Å². The van der Waals surface area contributed by atoms with Gasteiger partial charge in [-0.2, -0.15) is 0 Å². The predicted molar refractivity (Wildman–Crippen MR) is 53.7 cm³/mol. The molecule has 13 heavy (non-hydrogen) atoms. The molecule has 0 atom stereocenters. The lowest BCUT2D eigenvalue weighted by atomic mass is 10.1. The maximum Gasteiger partial charge on any atom is 0.306 e. The van der Waals surface area contributed by atoms with Crippen molar-refractivity contribution in [3.63, 3.8) is 0 Å². The first-order chi connectivity index (χ1) is 5.83. The van der Waals surface area contributed by atoms with Crippen LogP contribution >= 0.6 is 0 Å². The molecule has 0 aromatic heterocycles. The molecule has 0 aromatic carbocycles. The normalized spacial score (nSPS) is 10.2. The van der Waals surface area contributed by atoms with E-state index in [9.17, 15) is 4.79 Å². The lowest BCUT2D eigenvalue weighted by molar-refractivity contribution is -0.141. The van der Waals surface area contributed by atoms with Crippen molar-refractivity contribution < 1.29 is 15.0 Å². The van der Waals surface area contributed by atoms with Crippen LogP contribution in [0.15, 0.2) is 0 Å². The number of aliphatic hydroxyl groups is 1. The molecule has 0 heterocycles. The maximum atomic E-state index is 9.85. The molecular formula is C10H22O3. The summed E-state index contributed by atoms with van der Waals surface area (Å²) in [4.78, 5) is 9.85. The van der Waals surface area contributed by atoms with E-state index < -0.39 is 11.6 Å². The second kappa shape index (κ2) is 8.05. The fourth-order valence-electron chi connectivity index (χ4n) is 0.724. The first-order valence-electron chi connectivity index (χ1n) is 4.77. The lowest BCUT2D eigenvalue weighted by Gasteiger charge is -2.12. The molecule has 0 amide bonds. The SMILES string of the molecule is CC(C)(O)CC(=O)O.CCCCC. The molecule has 0 saturated carbocycles. The summed E-state index contributed by atoms with van der Waals surface area (Å²) >= 11 is 0. The molecule has 3 heteroatoms. The standard InChI is InChI=1S/C5H10O3.C5H12/c1-5(2,8)3-4(6)7;1-3-5-4-2/h8H,3H2,1-2H3,(H,6,7);3-5H2,1-2H3. The van der Waals surface area contributed by atoms with Crippen LogP contribution in [-0.2, 0) is 4.79 Å². The Morgan fingerprint density at radius 2 is 1.62 bits per heavy atom. The van der Waals surface area contributed by atoms with Crippen LogP contribution in [-0.4, -0.2) is 21.8 Å². The van der Waals surface area contributed by atoms with Gasteiger partial charge in [-0.3, -0.25) is 4.79 Å². The smallest absolute Gasteiger partial charge is 0.306 e. The van der Waals surface area contributed by atoms with Gasteiger partial charge in [0.25, 0.3) is 0 Å². The number of rotatable bonds is 4. The van der Waals surface area contributed by atoms with Crippen molar-refractivity contribution in [3.8, 4) is 0 Å². The van der Waals surface area contributed by atoms with Crippen LogP contribution < -0.4 is 0 Å². The fraction of sp³-hybridized carbons (Fsp3) is 0.900. The minimum Gasteiger partial charge on any atom is -0.481 e. The van der Waals surface area contributed by atoms with Crippen LogP contribution in [0.5, 0.6) is 0 Å². The van der Waals surface area contributed by atoms with Crippen LogP contribution in [0.4, 0.5) is 0 Å². The largest absolute Gasteiger partial charge is 0.481 e. The van der Waals surface area contributed by atoms with E-state index in [1.807, 2.05) is 0 Å². The van der Waals surface area contributed by atoms with Crippen LogP contribution in [0.3, 0.4) is 0 Å². The van der Waals surface area contributed by atoms with Crippen molar-refractivity contribution in [1.29, 1.82) is 0 Å². The van der Waals surface area contributed by atoms with Crippen molar-refractivity contribution in [3.05, 3.63) is 0 Å². The molecule has 0 aromatic rings. The Hall–Kier alpha value is -0.570. The summed E-state index contributed by atoms with van der Waals surface area (Å²) in [7, 11) is 0. The number of carboxylic acids is 1. The Morgan fingerprint density at radius 3 is 1.62 bits per heavy atom. The van der Waals surface area contributed by atoms with Crippen molar-refractivity contribution in [2.24, 2.45) is 0 Å². The molecule has 0 aliphatic rings. The van der Waals surface area contributed by atoms with Gasteiger partial charge in [-0.1, -0.05) is 33.1 Å². The first-order valence-corrected chi connectivity index (χ1v) is 4.77. The van der Waals surface area contributed by atoms with E-state index >= 15 is 0 Å². The number of unbranched alkanes of at least 4 members (excludes halogenated alkanes) is 2. The summed E-state index contributed by atoms with van der Waals surface area (Å²) in [5.41, 5.74) is -1.08. The summed E-state index contributed by atoms with van der Waals surface area (Å²) in [5, 5.41) is 16.9. The molecule has 0 unspecified atom stereocenters. The maximum absolute atomic E-state index is 9.85. The Labute approximate surface area is 80.8 Å². The minimum atomic E-state index is -1.08. The summed E-state index contributed by atoms with van der Waals surface area (Å²) in [6.45, 7) is 7.34. The van der Waals surface area contributed by atoms with Crippen molar-refractivity contribution >= 4 is 5.97 Å². The van der Waals surface area contributed by atoms with Crippen LogP contribution in [0.25, 0.3) is 0 Å². The molecule has 2 N–H and O–H groups in total. The van der Waals surface area contributed by atoms with Gasteiger partial charge in [-0.05, 0) is 13.8 Å². The molecule has 0 fully saturated rings. The average molecular weight is 190 g/mol. The Morgan fingerprint density at radius 1 is 1.23 bits per heavy atom. The highest BCUT2D eigenvalue weighted by Gasteiger charge is 2.16. The number of aliphatic carboxylic acids is 1. The van der Waals surface area contributed by atoms with E-state index in [4.69, 9.17) is 10.2 Å². The van der Waals surface area contributed by atoms with Crippen molar-refractivity contribution in [2.75, 3.05) is 0 Å². The second-order valence-electron chi connectivity index (χ2n) is 3.74. The monoisotopic (exact) mass is 190 g/mol. The Balaban J connectivity index is 0. The zero-order valence-corrected chi connectivity index (χ0v) is 9.13. The third kappa shape index (κ3) is 24.6. The van der Waals surface area contributed by atoms with Gasteiger partial charge in [-0.25, -0.2) is 0 Å². The molecule has 0 aliphatic heterocycles. The highest BCUT2D eigenvalue weighted by atomic mass is 16.4. The third-order valence-corrected chi connectivity index (χ3v) is 1.29. The van der Waals surface area contributed by atoms with E-state index in [1.165, 1.54) is 33.1 Å². The molecule has 3 nitrogen and oxygen atoms in total. The van der Waals surface area contributed by atoms with Crippen LogP contribution in [0.1, 0.15) is 53.4 Å². The summed E-state index contributed by atoms with van der Waals surface area (Å²) in [6.07, 6.45) is 3.88. The second-order valence-corrected chi connectivity index (χ2v) is 3.74. The van der Waals surface area contributed by atoms with E-state index in [2.05, 4.69) is 13.8 Å². The predicted octanol–water partition coefficient (Wildman–Crippen LogP) is 2.43. The summed E-state index contributed by atoms with van der Waals surface area (Å²) in [6, 6.07) is 0. The van der Waals surface area contributed by atoms with E-state index in [-0.39, 0.29) is 6.42 Å². The zero-order chi connectivity index (χ0) is 10.9. The van der Waals surface area contributed by atoms with Crippen molar-refractivity contribution in [1.82, 2.24) is 0 Å². The molecular weight excluding hydrogens is 168 g/mol. The average Bonchev–Trinajstić information content (AvgIpc) is 1.84. The first kappa shape index (κ1) is 14.9.